The number of benzene rings is 1. The van der Waals surface area contributed by atoms with Gasteiger partial charge in [0.2, 0.25) is 5.69 Å². The van der Waals surface area contributed by atoms with E-state index in [1.807, 2.05) is 0 Å². The minimum atomic E-state index is 0.208. The van der Waals surface area contributed by atoms with E-state index in [4.69, 9.17) is 4.98 Å². The summed E-state index contributed by atoms with van der Waals surface area (Å²) in [4.78, 5) is 5.04. The van der Waals surface area contributed by atoms with Crippen LogP contribution >= 0.6 is 0 Å². The molecule has 5 unspecified atom stereocenters. The Bertz CT molecular complexity index is 1240. The molecule has 2 fully saturated rings. The Balaban J connectivity index is 0.000000239. The van der Waals surface area contributed by atoms with Gasteiger partial charge in [-0.1, -0.05) is 88.2 Å². The van der Waals surface area contributed by atoms with Gasteiger partial charge in [-0.2, -0.15) is 4.57 Å². The molecule has 1 aromatic heterocycles. The van der Waals surface area contributed by atoms with E-state index < -0.39 is 0 Å². The van der Waals surface area contributed by atoms with Crippen LogP contribution in [0.4, 0.5) is 0 Å². The average Bonchev–Trinajstić information content (AvgIpc) is 3.71. The number of nitrogens with zero attached hydrogens (tertiary/aromatic N) is 2. The Morgan fingerprint density at radius 1 is 1.09 bits per heavy atom. The average molecular weight is 468 g/mol. The van der Waals surface area contributed by atoms with E-state index in [0.717, 1.165) is 30.4 Å². The lowest BCUT2D eigenvalue weighted by Gasteiger charge is -2.33. The number of rotatable bonds is 3. The van der Waals surface area contributed by atoms with Gasteiger partial charge in [-0.3, -0.25) is 0 Å². The van der Waals surface area contributed by atoms with Crippen molar-refractivity contribution in [3.8, 4) is 11.3 Å². The Hall–Kier alpha value is -2.48. The van der Waals surface area contributed by atoms with Crippen LogP contribution in [0.2, 0.25) is 0 Å². The highest BCUT2D eigenvalue weighted by Crippen LogP contribution is 2.69. The van der Waals surface area contributed by atoms with Crippen molar-refractivity contribution in [2.75, 3.05) is 0 Å². The maximum absolute atomic E-state index is 5.04. The van der Waals surface area contributed by atoms with Crippen LogP contribution in [0.3, 0.4) is 0 Å². The maximum atomic E-state index is 5.04. The summed E-state index contributed by atoms with van der Waals surface area (Å²) in [6.45, 7) is 18.5. The highest BCUT2D eigenvalue weighted by molar-refractivity contribution is 5.76. The predicted molar refractivity (Wildman–Crippen MR) is 147 cm³/mol. The summed E-state index contributed by atoms with van der Waals surface area (Å²) < 4.78 is 2.62. The van der Waals surface area contributed by atoms with Gasteiger partial charge < -0.3 is 0 Å². The molecule has 0 bridgehead atoms. The number of hydrogen-bond donors (Lipinski definition) is 0. The summed E-state index contributed by atoms with van der Waals surface area (Å²) in [5.74, 6) is 2.35. The summed E-state index contributed by atoms with van der Waals surface area (Å²) in [7, 11) is 0. The molecule has 3 aliphatic carbocycles. The smallest absolute Gasteiger partial charge is 0.230 e. The zero-order valence-electron chi connectivity index (χ0n) is 23.1. The van der Waals surface area contributed by atoms with Crippen LogP contribution in [-0.4, -0.2) is 4.98 Å². The first-order valence-corrected chi connectivity index (χ1v) is 13.8. The molecule has 4 aliphatic rings. The van der Waals surface area contributed by atoms with E-state index in [2.05, 4.69) is 109 Å². The van der Waals surface area contributed by atoms with Crippen molar-refractivity contribution in [1.82, 2.24) is 4.98 Å². The van der Waals surface area contributed by atoms with Crippen LogP contribution in [0.15, 0.2) is 65.4 Å². The Kier molecular flexibility index (Phi) is 5.93. The lowest BCUT2D eigenvalue weighted by atomic mass is 9.75. The maximum Gasteiger partial charge on any atom is 0.230 e. The summed E-state index contributed by atoms with van der Waals surface area (Å²) in [6, 6.07) is 10.6. The van der Waals surface area contributed by atoms with Crippen molar-refractivity contribution >= 4 is 5.57 Å². The van der Waals surface area contributed by atoms with Crippen LogP contribution < -0.4 is 4.57 Å². The minimum Gasteiger partial charge on any atom is -0.240 e. The largest absolute Gasteiger partial charge is 0.240 e. The molecule has 2 nitrogen and oxygen atoms in total. The molecule has 2 aromatic rings. The summed E-state index contributed by atoms with van der Waals surface area (Å²) >= 11 is 0. The Morgan fingerprint density at radius 2 is 1.77 bits per heavy atom. The van der Waals surface area contributed by atoms with Crippen molar-refractivity contribution in [3.63, 3.8) is 0 Å². The van der Waals surface area contributed by atoms with Crippen LogP contribution in [0, 0.1) is 30.1 Å². The van der Waals surface area contributed by atoms with Crippen molar-refractivity contribution in [2.24, 2.45) is 23.2 Å². The number of allylic oxidation sites excluding steroid dienone is 6. The van der Waals surface area contributed by atoms with Crippen LogP contribution in [0.1, 0.15) is 85.5 Å². The molecule has 2 heteroatoms. The van der Waals surface area contributed by atoms with E-state index in [9.17, 15) is 0 Å². The Morgan fingerprint density at radius 3 is 2.34 bits per heavy atom. The molecule has 0 radical (unpaired) electrons. The molecule has 184 valence electrons. The third-order valence-electron chi connectivity index (χ3n) is 9.84. The number of hydrogen-bond acceptors (Lipinski definition) is 1. The molecule has 0 N–H and O–H groups in total. The second-order valence-corrected chi connectivity index (χ2v) is 11.7. The lowest BCUT2D eigenvalue weighted by molar-refractivity contribution is -0.749. The highest BCUT2D eigenvalue weighted by Gasteiger charge is 2.76. The molecule has 0 spiro atoms. The van der Waals surface area contributed by atoms with Crippen molar-refractivity contribution in [1.29, 1.82) is 0 Å². The molecular weight excluding hydrogens is 424 g/mol. The standard InChI is InChI=1S/C24H27N2.C9H16/c1-5-24-15-23(24,4)19-13-9-10-16(2)21(19)22-17(3)25-20(14-26(22)24)18-11-7-6-8-12-18;1-5-6(2)9-7(3)8(9)4/h6-9,11-14,16H,5,10,15H2,1-4H3;7-8H,5H2,1-4H3/q+1;. The second-order valence-electron chi connectivity index (χ2n) is 11.7. The quantitative estimate of drug-likeness (QED) is 0.328. The van der Waals surface area contributed by atoms with Crippen LogP contribution in [0.5, 0.6) is 0 Å². The molecule has 1 aromatic carbocycles. The molecule has 2 heterocycles. The van der Waals surface area contributed by atoms with E-state index >= 15 is 0 Å². The fourth-order valence-electron chi connectivity index (χ4n) is 7.21. The molecule has 6 rings (SSSR count). The monoisotopic (exact) mass is 467 g/mol. The SMILES string of the molecule is CCC(C)=C1C(C)C1C.CCC12CC1(C)C1=C(c3c(C)nc(-c4ccccc4)c[n+]32)C(C)CC=C1. The van der Waals surface area contributed by atoms with E-state index in [-0.39, 0.29) is 11.0 Å². The summed E-state index contributed by atoms with van der Waals surface area (Å²) in [6.07, 6.45) is 11.9. The second kappa shape index (κ2) is 8.57. The van der Waals surface area contributed by atoms with Crippen LogP contribution in [0.25, 0.3) is 16.8 Å². The van der Waals surface area contributed by atoms with Gasteiger partial charge in [0.1, 0.15) is 11.4 Å². The predicted octanol–water partition coefficient (Wildman–Crippen LogP) is 8.22. The molecular formula is C33H43N2+. The third-order valence-corrected chi connectivity index (χ3v) is 9.84. The zero-order chi connectivity index (χ0) is 25.1. The number of fused-ring (bicyclic) bond motifs is 5. The zero-order valence-corrected chi connectivity index (χ0v) is 23.1. The molecule has 5 atom stereocenters. The topological polar surface area (TPSA) is 16.8 Å². The molecule has 1 aliphatic heterocycles. The fourth-order valence-corrected chi connectivity index (χ4v) is 7.21. The first-order valence-electron chi connectivity index (χ1n) is 13.8. The van der Waals surface area contributed by atoms with Gasteiger partial charge in [0, 0.05) is 24.0 Å². The van der Waals surface area contributed by atoms with Crippen molar-refractivity contribution in [3.05, 3.63) is 76.8 Å². The fraction of sp³-hybridized carbons (Fsp3) is 0.515. The van der Waals surface area contributed by atoms with Crippen LogP contribution in [-0.2, 0) is 5.54 Å². The third kappa shape index (κ3) is 3.59. The van der Waals surface area contributed by atoms with E-state index in [0.29, 0.717) is 5.92 Å². The number of aryl methyl sites for hydroxylation is 1. The molecule has 35 heavy (non-hydrogen) atoms. The first kappa shape index (κ1) is 24.2. The molecule has 0 saturated heterocycles. The number of aromatic nitrogens is 2. The van der Waals surface area contributed by atoms with Gasteiger partial charge in [-0.05, 0) is 56.9 Å². The Labute approximate surface area is 212 Å². The van der Waals surface area contributed by atoms with Gasteiger partial charge in [0.25, 0.3) is 0 Å². The van der Waals surface area contributed by atoms with E-state index in [1.165, 1.54) is 29.8 Å². The normalized spacial score (nSPS) is 31.7. The van der Waals surface area contributed by atoms with Gasteiger partial charge in [0.15, 0.2) is 11.7 Å². The van der Waals surface area contributed by atoms with Crippen molar-refractivity contribution in [2.45, 2.75) is 86.6 Å². The van der Waals surface area contributed by atoms with Gasteiger partial charge >= 0.3 is 0 Å². The summed E-state index contributed by atoms with van der Waals surface area (Å²) in [5.41, 5.74) is 11.8. The first-order chi connectivity index (χ1) is 16.7. The minimum absolute atomic E-state index is 0.208. The van der Waals surface area contributed by atoms with Gasteiger partial charge in [-0.25, -0.2) is 4.98 Å². The lowest BCUT2D eigenvalue weighted by Crippen LogP contribution is -2.56. The van der Waals surface area contributed by atoms with Gasteiger partial charge in [-0.15, -0.1) is 0 Å². The highest BCUT2D eigenvalue weighted by atomic mass is 15.2. The molecule has 2 saturated carbocycles. The summed E-state index contributed by atoms with van der Waals surface area (Å²) in [5, 5.41) is 0. The van der Waals surface area contributed by atoms with Crippen molar-refractivity contribution < 1.29 is 4.57 Å². The van der Waals surface area contributed by atoms with E-state index in [1.54, 1.807) is 22.3 Å². The van der Waals surface area contributed by atoms with Gasteiger partial charge in [0.05, 0.1) is 5.41 Å². The molecule has 0 amide bonds.